The van der Waals surface area contributed by atoms with Gasteiger partial charge in [-0.05, 0) is 67.6 Å². The third-order valence-corrected chi connectivity index (χ3v) is 7.04. The quantitative estimate of drug-likeness (QED) is 0.527. The van der Waals surface area contributed by atoms with Gasteiger partial charge in [-0.25, -0.2) is 4.39 Å². The van der Waals surface area contributed by atoms with E-state index in [1.807, 2.05) is 11.0 Å². The molecule has 0 bridgehead atoms. The molecule has 2 aliphatic rings. The minimum Gasteiger partial charge on any atom is -0.366 e. The van der Waals surface area contributed by atoms with Crippen molar-refractivity contribution in [2.45, 2.75) is 6.42 Å². The zero-order valence-electron chi connectivity index (χ0n) is 21.6. The number of nitrogens with zero attached hydrogens (tertiary/aromatic N) is 4. The van der Waals surface area contributed by atoms with E-state index >= 15 is 0 Å². The first-order chi connectivity index (χ1) is 19.0. The summed E-state index contributed by atoms with van der Waals surface area (Å²) in [6, 6.07) is 14.2. The van der Waals surface area contributed by atoms with Crippen LogP contribution in [0.15, 0.2) is 67.0 Å². The van der Waals surface area contributed by atoms with Crippen molar-refractivity contribution in [1.82, 2.24) is 20.1 Å². The topological polar surface area (TPSA) is 97.9 Å². The minimum absolute atomic E-state index is 0.0690. The molecule has 9 nitrogen and oxygen atoms in total. The lowest BCUT2D eigenvalue weighted by atomic mass is 10.1. The summed E-state index contributed by atoms with van der Waals surface area (Å²) in [5.41, 5.74) is 2.60. The number of anilines is 2. The maximum atomic E-state index is 13.4. The monoisotopic (exact) mass is 530 g/mol. The molecule has 0 saturated carbocycles. The Kier molecular flexibility index (Phi) is 8.12. The third-order valence-electron chi connectivity index (χ3n) is 7.04. The fourth-order valence-corrected chi connectivity index (χ4v) is 4.89. The average molecular weight is 531 g/mol. The fourth-order valence-electron chi connectivity index (χ4n) is 4.89. The molecule has 10 heteroatoms. The average Bonchev–Trinajstić information content (AvgIpc) is 3.27. The number of carbonyl (C=O) groups excluding carboxylic acids is 3. The SMILES string of the molecule is O=C(Nc1cc(C(=O)N2CCCNCC2)ccc1N1CCN(C(=O)c2cccnc2)CC1)c1ccc(F)cc1. The van der Waals surface area contributed by atoms with Gasteiger partial charge in [-0.3, -0.25) is 19.4 Å². The fraction of sp³-hybridized carbons (Fsp3) is 0.310. The summed E-state index contributed by atoms with van der Waals surface area (Å²) in [4.78, 5) is 49.0. The van der Waals surface area contributed by atoms with Crippen molar-refractivity contribution in [2.24, 2.45) is 0 Å². The summed E-state index contributed by atoms with van der Waals surface area (Å²) in [5, 5.41) is 6.24. The number of aromatic nitrogens is 1. The van der Waals surface area contributed by atoms with Crippen LogP contribution in [-0.4, -0.2) is 84.9 Å². The molecule has 0 radical (unpaired) electrons. The van der Waals surface area contributed by atoms with Crippen molar-refractivity contribution < 1.29 is 18.8 Å². The number of nitrogens with one attached hydrogen (secondary N) is 2. The minimum atomic E-state index is -0.425. The molecular weight excluding hydrogens is 499 g/mol. The van der Waals surface area contributed by atoms with Crippen molar-refractivity contribution in [3.05, 3.63) is 89.5 Å². The first-order valence-electron chi connectivity index (χ1n) is 13.1. The molecule has 2 saturated heterocycles. The van der Waals surface area contributed by atoms with Crippen LogP contribution in [0, 0.1) is 5.82 Å². The third kappa shape index (κ3) is 6.23. The first-order valence-corrected chi connectivity index (χ1v) is 13.1. The Morgan fingerprint density at radius 1 is 0.795 bits per heavy atom. The van der Waals surface area contributed by atoms with Gasteiger partial charge in [0.05, 0.1) is 16.9 Å². The predicted molar refractivity (Wildman–Crippen MR) is 147 cm³/mol. The normalized spacial score (nSPS) is 16.0. The molecule has 3 heterocycles. The van der Waals surface area contributed by atoms with Gasteiger partial charge < -0.3 is 25.3 Å². The van der Waals surface area contributed by atoms with Crippen molar-refractivity contribution in [1.29, 1.82) is 0 Å². The Morgan fingerprint density at radius 2 is 1.51 bits per heavy atom. The predicted octanol–water partition coefficient (Wildman–Crippen LogP) is 2.87. The van der Waals surface area contributed by atoms with Gasteiger partial charge in [-0.1, -0.05) is 0 Å². The molecule has 2 N–H and O–H groups in total. The molecule has 1 aromatic heterocycles. The first kappa shape index (κ1) is 26.3. The van der Waals surface area contributed by atoms with E-state index in [2.05, 4.69) is 20.5 Å². The van der Waals surface area contributed by atoms with Gasteiger partial charge in [-0.15, -0.1) is 0 Å². The lowest BCUT2D eigenvalue weighted by Crippen LogP contribution is -2.49. The maximum Gasteiger partial charge on any atom is 0.255 e. The summed E-state index contributed by atoms with van der Waals surface area (Å²) >= 11 is 0. The molecule has 5 rings (SSSR count). The zero-order chi connectivity index (χ0) is 27.2. The van der Waals surface area contributed by atoms with Gasteiger partial charge in [0.15, 0.2) is 0 Å². The molecule has 0 aliphatic carbocycles. The van der Waals surface area contributed by atoms with Gasteiger partial charge in [0.2, 0.25) is 0 Å². The van der Waals surface area contributed by atoms with E-state index in [1.165, 1.54) is 24.3 Å². The highest BCUT2D eigenvalue weighted by atomic mass is 19.1. The largest absolute Gasteiger partial charge is 0.366 e. The summed E-state index contributed by atoms with van der Waals surface area (Å²) in [6.45, 7) is 4.99. The number of hydrogen-bond donors (Lipinski definition) is 2. The van der Waals surface area contributed by atoms with Crippen LogP contribution in [0.3, 0.4) is 0 Å². The van der Waals surface area contributed by atoms with Crippen LogP contribution in [-0.2, 0) is 0 Å². The van der Waals surface area contributed by atoms with Crippen molar-refractivity contribution in [2.75, 3.05) is 62.6 Å². The lowest BCUT2D eigenvalue weighted by molar-refractivity contribution is 0.0743. The van der Waals surface area contributed by atoms with Crippen LogP contribution >= 0.6 is 0 Å². The Labute approximate surface area is 226 Å². The number of halogens is 1. The molecular formula is C29H31FN6O3. The summed E-state index contributed by atoms with van der Waals surface area (Å²) in [5.74, 6) is -0.981. The number of carbonyl (C=O) groups is 3. The van der Waals surface area contributed by atoms with Crippen molar-refractivity contribution >= 4 is 29.1 Å². The van der Waals surface area contributed by atoms with E-state index in [-0.39, 0.29) is 11.8 Å². The second kappa shape index (κ2) is 12.0. The molecule has 2 fully saturated rings. The highest BCUT2D eigenvalue weighted by molar-refractivity contribution is 6.07. The van der Waals surface area contributed by atoms with E-state index in [1.54, 1.807) is 41.6 Å². The molecule has 0 unspecified atom stereocenters. The van der Waals surface area contributed by atoms with E-state index < -0.39 is 11.7 Å². The van der Waals surface area contributed by atoms with Crippen LogP contribution in [0.4, 0.5) is 15.8 Å². The second-order valence-electron chi connectivity index (χ2n) is 9.61. The van der Waals surface area contributed by atoms with E-state index in [0.29, 0.717) is 61.6 Å². The highest BCUT2D eigenvalue weighted by Gasteiger charge is 2.26. The Bertz CT molecular complexity index is 1320. The van der Waals surface area contributed by atoms with Crippen LogP contribution in [0.5, 0.6) is 0 Å². The Morgan fingerprint density at radius 3 is 2.26 bits per heavy atom. The van der Waals surface area contributed by atoms with Crippen LogP contribution < -0.4 is 15.5 Å². The number of amides is 3. The van der Waals surface area contributed by atoms with Gasteiger partial charge in [-0.2, -0.15) is 0 Å². The van der Waals surface area contributed by atoms with Gasteiger partial charge in [0, 0.05) is 69.3 Å². The molecule has 2 aromatic carbocycles. The Hall–Kier alpha value is -4.31. The van der Waals surface area contributed by atoms with Crippen LogP contribution in [0.2, 0.25) is 0 Å². The molecule has 39 heavy (non-hydrogen) atoms. The molecule has 0 atom stereocenters. The van der Waals surface area contributed by atoms with Crippen molar-refractivity contribution in [3.8, 4) is 0 Å². The summed E-state index contributed by atoms with van der Waals surface area (Å²) in [7, 11) is 0. The summed E-state index contributed by atoms with van der Waals surface area (Å²) < 4.78 is 13.4. The number of pyridine rings is 1. The van der Waals surface area contributed by atoms with E-state index in [9.17, 15) is 18.8 Å². The second-order valence-corrected chi connectivity index (χ2v) is 9.61. The molecule has 202 valence electrons. The van der Waals surface area contributed by atoms with E-state index in [0.717, 1.165) is 25.2 Å². The molecule has 3 amide bonds. The Balaban J connectivity index is 1.37. The smallest absolute Gasteiger partial charge is 0.255 e. The number of hydrogen-bond acceptors (Lipinski definition) is 6. The summed E-state index contributed by atoms with van der Waals surface area (Å²) in [6.07, 6.45) is 4.07. The van der Waals surface area contributed by atoms with Gasteiger partial charge in [0.1, 0.15) is 5.82 Å². The highest BCUT2D eigenvalue weighted by Crippen LogP contribution is 2.30. The standard InChI is InChI=1S/C29H31FN6O3/c30-24-7-4-21(5-8-24)27(37)33-25-19-22(28(38)35-13-2-11-31-12-14-35)6-9-26(25)34-15-17-36(18-16-34)29(39)23-3-1-10-32-20-23/h1,3-10,19-20,31H,2,11-18H2,(H,33,37). The van der Waals surface area contributed by atoms with Gasteiger partial charge in [0.25, 0.3) is 17.7 Å². The molecule has 3 aromatic rings. The van der Waals surface area contributed by atoms with Crippen LogP contribution in [0.25, 0.3) is 0 Å². The molecule has 2 aliphatic heterocycles. The van der Waals surface area contributed by atoms with Gasteiger partial charge >= 0.3 is 0 Å². The molecule has 0 spiro atoms. The van der Waals surface area contributed by atoms with E-state index in [4.69, 9.17) is 0 Å². The number of piperazine rings is 1. The maximum absolute atomic E-state index is 13.4. The van der Waals surface area contributed by atoms with Crippen LogP contribution in [0.1, 0.15) is 37.5 Å². The lowest BCUT2D eigenvalue weighted by Gasteiger charge is -2.37. The zero-order valence-corrected chi connectivity index (χ0v) is 21.6. The van der Waals surface area contributed by atoms with Crippen molar-refractivity contribution in [3.63, 3.8) is 0 Å². The number of benzene rings is 2. The number of rotatable bonds is 5.